The highest BCUT2D eigenvalue weighted by Gasteiger charge is 2.33. The van der Waals surface area contributed by atoms with Crippen LogP contribution in [0.3, 0.4) is 0 Å². The van der Waals surface area contributed by atoms with Crippen LogP contribution < -0.4 is 15.4 Å². The fraction of sp³-hybridized carbons (Fsp3) is 0.375. The normalized spacial score (nSPS) is 14.8. The van der Waals surface area contributed by atoms with Crippen molar-refractivity contribution in [3.05, 3.63) is 90.5 Å². The summed E-state index contributed by atoms with van der Waals surface area (Å²) in [7, 11) is 0. The largest absolute Gasteiger partial charge is 0.478 e. The Morgan fingerprint density at radius 3 is 2.31 bits per heavy atom. The standard InChI is InChI=1S/C32H39N3O4/c1-32(2,39-28-16-9-15-27(24-28)26-13-7-4-8-14-26)31(37)34-29(23-25-11-5-3-6-12-25)30(36)33-17-10-18-35-19-21-38-22-20-35/h3-9,11-16,24,29H,10,17-23H2,1-2H3,(H,33,36)(H,34,37)/t29-/m0/s1. The second-order valence-corrected chi connectivity index (χ2v) is 10.3. The molecule has 1 heterocycles. The molecule has 2 amide bonds. The van der Waals surface area contributed by atoms with Crippen LogP contribution in [0.15, 0.2) is 84.9 Å². The lowest BCUT2D eigenvalue weighted by molar-refractivity contribution is -0.137. The Kier molecular flexibility index (Phi) is 10.1. The molecule has 1 fully saturated rings. The highest BCUT2D eigenvalue weighted by atomic mass is 16.5. The van der Waals surface area contributed by atoms with Gasteiger partial charge in [-0.25, -0.2) is 0 Å². The van der Waals surface area contributed by atoms with Crippen molar-refractivity contribution >= 4 is 11.8 Å². The molecule has 7 nitrogen and oxygen atoms in total. The Morgan fingerprint density at radius 1 is 0.923 bits per heavy atom. The van der Waals surface area contributed by atoms with Crippen molar-refractivity contribution in [2.45, 2.75) is 38.3 Å². The third kappa shape index (κ3) is 8.67. The summed E-state index contributed by atoms with van der Waals surface area (Å²) in [6, 6.07) is 26.7. The van der Waals surface area contributed by atoms with Crippen LogP contribution in [0.2, 0.25) is 0 Å². The third-order valence-electron chi connectivity index (χ3n) is 6.82. The van der Waals surface area contributed by atoms with Crippen LogP contribution in [0.4, 0.5) is 0 Å². The van der Waals surface area contributed by atoms with Crippen LogP contribution in [0, 0.1) is 0 Å². The minimum absolute atomic E-state index is 0.198. The van der Waals surface area contributed by atoms with Gasteiger partial charge in [0, 0.05) is 26.1 Å². The Hall–Kier alpha value is -3.68. The van der Waals surface area contributed by atoms with Crippen LogP contribution in [0.1, 0.15) is 25.8 Å². The Bertz CT molecular complexity index is 1190. The summed E-state index contributed by atoms with van der Waals surface area (Å²) in [5.41, 5.74) is 1.85. The number of nitrogens with one attached hydrogen (secondary N) is 2. The maximum Gasteiger partial charge on any atom is 0.264 e. The van der Waals surface area contributed by atoms with Gasteiger partial charge in [0.15, 0.2) is 5.60 Å². The van der Waals surface area contributed by atoms with Crippen LogP contribution in [-0.4, -0.2) is 67.7 Å². The van der Waals surface area contributed by atoms with E-state index in [0.29, 0.717) is 18.7 Å². The van der Waals surface area contributed by atoms with Gasteiger partial charge in [0.25, 0.3) is 5.91 Å². The van der Waals surface area contributed by atoms with E-state index in [4.69, 9.17) is 9.47 Å². The lowest BCUT2D eigenvalue weighted by Gasteiger charge is -2.28. The summed E-state index contributed by atoms with van der Waals surface area (Å²) < 4.78 is 11.6. The van der Waals surface area contributed by atoms with Crippen molar-refractivity contribution in [2.75, 3.05) is 39.4 Å². The number of benzene rings is 3. The van der Waals surface area contributed by atoms with Gasteiger partial charge in [0.2, 0.25) is 5.91 Å². The summed E-state index contributed by atoms with van der Waals surface area (Å²) in [4.78, 5) is 29.0. The number of carbonyl (C=O) groups is 2. The minimum atomic E-state index is -1.19. The number of ether oxygens (including phenoxy) is 2. The van der Waals surface area contributed by atoms with E-state index in [9.17, 15) is 9.59 Å². The Labute approximate surface area is 231 Å². The van der Waals surface area contributed by atoms with Gasteiger partial charge in [-0.1, -0.05) is 72.8 Å². The van der Waals surface area contributed by atoms with E-state index < -0.39 is 11.6 Å². The van der Waals surface area contributed by atoms with Crippen molar-refractivity contribution in [1.82, 2.24) is 15.5 Å². The first-order valence-corrected chi connectivity index (χ1v) is 13.7. The molecule has 1 atom stereocenters. The minimum Gasteiger partial charge on any atom is -0.478 e. The van der Waals surface area contributed by atoms with E-state index in [1.165, 1.54) is 0 Å². The molecule has 0 bridgehead atoms. The molecular formula is C32H39N3O4. The van der Waals surface area contributed by atoms with Crippen molar-refractivity contribution in [3.63, 3.8) is 0 Å². The molecule has 1 aliphatic heterocycles. The number of nitrogens with zero attached hydrogens (tertiary/aromatic N) is 1. The summed E-state index contributed by atoms with van der Waals surface area (Å²) >= 11 is 0. The molecule has 1 aliphatic rings. The summed E-state index contributed by atoms with van der Waals surface area (Å²) in [5.74, 6) is 0.0387. The van der Waals surface area contributed by atoms with Crippen molar-refractivity contribution in [2.24, 2.45) is 0 Å². The number of hydrogen-bond donors (Lipinski definition) is 2. The fourth-order valence-electron chi connectivity index (χ4n) is 4.56. The maximum atomic E-state index is 13.4. The molecule has 3 aromatic rings. The monoisotopic (exact) mass is 529 g/mol. The highest BCUT2D eigenvalue weighted by Crippen LogP contribution is 2.26. The molecule has 0 spiro atoms. The lowest BCUT2D eigenvalue weighted by atomic mass is 10.0. The molecule has 1 saturated heterocycles. The zero-order valence-electron chi connectivity index (χ0n) is 22.9. The van der Waals surface area contributed by atoms with Crippen LogP contribution in [-0.2, 0) is 20.7 Å². The molecule has 39 heavy (non-hydrogen) atoms. The quantitative estimate of drug-likeness (QED) is 0.346. The predicted molar refractivity (Wildman–Crippen MR) is 154 cm³/mol. The molecule has 0 saturated carbocycles. The molecule has 0 radical (unpaired) electrons. The number of carbonyl (C=O) groups excluding carboxylic acids is 2. The smallest absolute Gasteiger partial charge is 0.264 e. The van der Waals surface area contributed by atoms with E-state index in [0.717, 1.165) is 56.0 Å². The molecule has 4 rings (SSSR count). The predicted octanol–water partition coefficient (Wildman–Crippen LogP) is 4.08. The topological polar surface area (TPSA) is 79.9 Å². The zero-order valence-corrected chi connectivity index (χ0v) is 22.9. The number of rotatable bonds is 12. The SMILES string of the molecule is CC(C)(Oc1cccc(-c2ccccc2)c1)C(=O)N[C@@H](Cc1ccccc1)C(=O)NCCCN1CCOCC1. The van der Waals surface area contributed by atoms with Gasteiger partial charge in [-0.15, -0.1) is 0 Å². The number of amides is 2. The second kappa shape index (κ2) is 13.9. The molecule has 7 heteroatoms. The Balaban J connectivity index is 1.38. The van der Waals surface area contributed by atoms with Gasteiger partial charge >= 0.3 is 0 Å². The molecule has 0 unspecified atom stereocenters. The van der Waals surface area contributed by atoms with Crippen LogP contribution in [0.5, 0.6) is 5.75 Å². The van der Waals surface area contributed by atoms with Crippen LogP contribution in [0.25, 0.3) is 11.1 Å². The summed E-state index contributed by atoms with van der Waals surface area (Å²) in [6.07, 6.45) is 1.23. The zero-order chi connectivity index (χ0) is 27.5. The van der Waals surface area contributed by atoms with Gasteiger partial charge in [-0.2, -0.15) is 0 Å². The van der Waals surface area contributed by atoms with Gasteiger partial charge < -0.3 is 20.1 Å². The first kappa shape index (κ1) is 28.3. The summed E-state index contributed by atoms with van der Waals surface area (Å²) in [5, 5.41) is 5.98. The Morgan fingerprint density at radius 2 is 1.59 bits per heavy atom. The molecule has 3 aromatic carbocycles. The van der Waals surface area contributed by atoms with E-state index in [-0.39, 0.29) is 11.8 Å². The van der Waals surface area contributed by atoms with Gasteiger partial charge in [0.05, 0.1) is 13.2 Å². The lowest BCUT2D eigenvalue weighted by Crippen LogP contribution is -2.55. The molecule has 206 valence electrons. The van der Waals surface area contributed by atoms with Crippen molar-refractivity contribution in [1.29, 1.82) is 0 Å². The second-order valence-electron chi connectivity index (χ2n) is 10.3. The maximum absolute atomic E-state index is 13.4. The first-order chi connectivity index (χ1) is 18.9. The van der Waals surface area contributed by atoms with E-state index in [2.05, 4.69) is 15.5 Å². The molecule has 0 aliphatic carbocycles. The molecule has 0 aromatic heterocycles. The molecule has 2 N–H and O–H groups in total. The summed E-state index contributed by atoms with van der Waals surface area (Å²) in [6.45, 7) is 8.24. The highest BCUT2D eigenvalue weighted by molar-refractivity contribution is 5.91. The average Bonchev–Trinajstić information content (AvgIpc) is 2.96. The van der Waals surface area contributed by atoms with E-state index in [1.807, 2.05) is 84.9 Å². The van der Waals surface area contributed by atoms with Gasteiger partial charge in [-0.3, -0.25) is 14.5 Å². The molecular weight excluding hydrogens is 490 g/mol. The van der Waals surface area contributed by atoms with Crippen LogP contribution >= 0.6 is 0 Å². The van der Waals surface area contributed by atoms with E-state index in [1.54, 1.807) is 13.8 Å². The third-order valence-corrected chi connectivity index (χ3v) is 6.82. The fourth-order valence-corrected chi connectivity index (χ4v) is 4.56. The van der Waals surface area contributed by atoms with Crippen molar-refractivity contribution in [3.8, 4) is 16.9 Å². The number of hydrogen-bond acceptors (Lipinski definition) is 5. The first-order valence-electron chi connectivity index (χ1n) is 13.7. The van der Waals surface area contributed by atoms with Gasteiger partial charge in [0.1, 0.15) is 11.8 Å². The van der Waals surface area contributed by atoms with Gasteiger partial charge in [-0.05, 0) is 55.6 Å². The van der Waals surface area contributed by atoms with Crippen molar-refractivity contribution < 1.29 is 19.1 Å². The average molecular weight is 530 g/mol. The van der Waals surface area contributed by atoms with E-state index >= 15 is 0 Å². The number of morpholine rings is 1.